The van der Waals surface area contributed by atoms with Crippen LogP contribution in [-0.4, -0.2) is 44.3 Å². The van der Waals surface area contributed by atoms with Gasteiger partial charge in [-0.3, -0.25) is 4.79 Å². The molecule has 8 heteroatoms. The highest BCUT2D eigenvalue weighted by Crippen LogP contribution is 2.24. The SMILES string of the molecule is NC(=O)COC(=O)c1ccccc1S(=O)(=O)N1CCCCC1. The number of carbonyl (C=O) groups excluding carboxylic acids is 2. The average molecular weight is 326 g/mol. The number of amides is 1. The van der Waals surface area contributed by atoms with Gasteiger partial charge >= 0.3 is 5.97 Å². The molecular formula is C14H18N2O5S. The van der Waals surface area contributed by atoms with E-state index in [-0.39, 0.29) is 10.5 Å². The summed E-state index contributed by atoms with van der Waals surface area (Å²) in [5.41, 5.74) is 4.83. The Balaban J connectivity index is 2.31. The lowest BCUT2D eigenvalue weighted by Gasteiger charge is -2.26. The molecule has 0 bridgehead atoms. The molecule has 1 fully saturated rings. The number of benzene rings is 1. The average Bonchev–Trinajstić information content (AvgIpc) is 2.53. The lowest BCUT2D eigenvalue weighted by atomic mass is 10.2. The van der Waals surface area contributed by atoms with E-state index in [1.807, 2.05) is 0 Å². The molecule has 0 radical (unpaired) electrons. The van der Waals surface area contributed by atoms with Crippen LogP contribution >= 0.6 is 0 Å². The van der Waals surface area contributed by atoms with E-state index in [0.29, 0.717) is 13.1 Å². The first-order valence-electron chi connectivity index (χ1n) is 6.97. The van der Waals surface area contributed by atoms with Gasteiger partial charge in [0.05, 0.1) is 10.5 Å². The van der Waals surface area contributed by atoms with Crippen molar-refractivity contribution in [2.75, 3.05) is 19.7 Å². The Bertz CT molecular complexity index is 666. The molecule has 1 amide bonds. The predicted molar refractivity (Wildman–Crippen MR) is 78.5 cm³/mol. The topological polar surface area (TPSA) is 107 Å². The van der Waals surface area contributed by atoms with E-state index in [1.165, 1.54) is 22.5 Å². The number of carbonyl (C=O) groups is 2. The standard InChI is InChI=1S/C14H18N2O5S/c15-13(17)10-21-14(18)11-6-2-3-7-12(11)22(19,20)16-8-4-1-5-9-16/h2-3,6-7H,1,4-5,8-10H2,(H2,15,17). The molecule has 2 rings (SSSR count). The maximum Gasteiger partial charge on any atom is 0.340 e. The fourth-order valence-corrected chi connectivity index (χ4v) is 4.02. The van der Waals surface area contributed by atoms with E-state index in [4.69, 9.17) is 10.5 Å². The molecule has 1 aromatic carbocycles. The van der Waals surface area contributed by atoms with Gasteiger partial charge in [-0.25, -0.2) is 13.2 Å². The zero-order chi connectivity index (χ0) is 16.2. The molecule has 2 N–H and O–H groups in total. The summed E-state index contributed by atoms with van der Waals surface area (Å²) < 4.78 is 31.4. The number of nitrogens with zero attached hydrogens (tertiary/aromatic N) is 1. The number of sulfonamides is 1. The Morgan fingerprint density at radius 3 is 2.41 bits per heavy atom. The summed E-state index contributed by atoms with van der Waals surface area (Å²) in [5.74, 6) is -1.68. The van der Waals surface area contributed by atoms with E-state index in [2.05, 4.69) is 0 Å². The maximum atomic E-state index is 12.7. The number of esters is 1. The second-order valence-corrected chi connectivity index (χ2v) is 6.91. The fraction of sp³-hybridized carbons (Fsp3) is 0.429. The Hall–Kier alpha value is -1.93. The number of primary amides is 1. The molecule has 0 saturated carbocycles. The lowest BCUT2D eigenvalue weighted by Crippen LogP contribution is -2.36. The van der Waals surface area contributed by atoms with Crippen molar-refractivity contribution in [3.63, 3.8) is 0 Å². The first-order chi connectivity index (χ1) is 10.4. The molecule has 1 aliphatic rings. The molecule has 1 heterocycles. The van der Waals surface area contributed by atoms with Crippen LogP contribution in [0.15, 0.2) is 29.2 Å². The van der Waals surface area contributed by atoms with Gasteiger partial charge < -0.3 is 10.5 Å². The van der Waals surface area contributed by atoms with Gasteiger partial charge in [0.15, 0.2) is 6.61 Å². The quantitative estimate of drug-likeness (QED) is 0.793. The van der Waals surface area contributed by atoms with E-state index < -0.39 is 28.5 Å². The summed E-state index contributed by atoms with van der Waals surface area (Å²) in [6, 6.07) is 5.81. The molecule has 0 atom stereocenters. The number of nitrogens with two attached hydrogens (primary N) is 1. The van der Waals surface area contributed by atoms with Crippen LogP contribution in [0.4, 0.5) is 0 Å². The van der Waals surface area contributed by atoms with E-state index >= 15 is 0 Å². The number of piperidine rings is 1. The Morgan fingerprint density at radius 1 is 1.14 bits per heavy atom. The van der Waals surface area contributed by atoms with Gasteiger partial charge in [-0.15, -0.1) is 0 Å². The number of rotatable bonds is 5. The van der Waals surface area contributed by atoms with Gasteiger partial charge in [-0.1, -0.05) is 18.6 Å². The van der Waals surface area contributed by atoms with Crippen LogP contribution in [0.5, 0.6) is 0 Å². The number of hydrogen-bond acceptors (Lipinski definition) is 5. The molecule has 7 nitrogen and oxygen atoms in total. The van der Waals surface area contributed by atoms with Gasteiger partial charge in [-0.05, 0) is 25.0 Å². The largest absolute Gasteiger partial charge is 0.452 e. The molecule has 1 aliphatic heterocycles. The Kier molecular flexibility index (Phi) is 5.15. The van der Waals surface area contributed by atoms with Crippen molar-refractivity contribution in [3.05, 3.63) is 29.8 Å². The van der Waals surface area contributed by atoms with Crippen molar-refractivity contribution < 1.29 is 22.7 Å². The third-order valence-corrected chi connectivity index (χ3v) is 5.34. The molecule has 0 aromatic heterocycles. The smallest absolute Gasteiger partial charge is 0.340 e. The maximum absolute atomic E-state index is 12.7. The van der Waals surface area contributed by atoms with Crippen molar-refractivity contribution in [1.82, 2.24) is 4.31 Å². The van der Waals surface area contributed by atoms with Crippen LogP contribution in [0.3, 0.4) is 0 Å². The van der Waals surface area contributed by atoms with E-state index in [1.54, 1.807) is 6.07 Å². The zero-order valence-electron chi connectivity index (χ0n) is 12.0. The second-order valence-electron chi connectivity index (χ2n) is 5.00. The van der Waals surface area contributed by atoms with Crippen molar-refractivity contribution in [3.8, 4) is 0 Å². The summed E-state index contributed by atoms with van der Waals surface area (Å²) in [5, 5.41) is 0. The highest BCUT2D eigenvalue weighted by molar-refractivity contribution is 7.89. The zero-order valence-corrected chi connectivity index (χ0v) is 12.8. The summed E-state index contributed by atoms with van der Waals surface area (Å²) >= 11 is 0. The first-order valence-corrected chi connectivity index (χ1v) is 8.41. The highest BCUT2D eigenvalue weighted by Gasteiger charge is 2.30. The molecule has 1 saturated heterocycles. The molecule has 120 valence electrons. The van der Waals surface area contributed by atoms with Crippen LogP contribution in [0.25, 0.3) is 0 Å². The first kappa shape index (κ1) is 16.4. The van der Waals surface area contributed by atoms with Crippen LogP contribution in [0, 0.1) is 0 Å². The minimum absolute atomic E-state index is 0.0886. The second kappa shape index (κ2) is 6.89. The van der Waals surface area contributed by atoms with Crippen molar-refractivity contribution in [2.45, 2.75) is 24.2 Å². The molecular weight excluding hydrogens is 308 g/mol. The fourth-order valence-electron chi connectivity index (χ4n) is 2.32. The summed E-state index contributed by atoms with van der Waals surface area (Å²) in [4.78, 5) is 22.6. The van der Waals surface area contributed by atoms with E-state index in [0.717, 1.165) is 19.3 Å². The van der Waals surface area contributed by atoms with Gasteiger partial charge in [0, 0.05) is 13.1 Å². The predicted octanol–water partition coefficient (Wildman–Crippen LogP) is 0.503. The summed E-state index contributed by atoms with van der Waals surface area (Å²) in [7, 11) is -3.76. The van der Waals surface area contributed by atoms with Gasteiger partial charge in [0.1, 0.15) is 0 Å². The third-order valence-electron chi connectivity index (χ3n) is 3.39. The van der Waals surface area contributed by atoms with Crippen LogP contribution in [0.2, 0.25) is 0 Å². The molecule has 0 aliphatic carbocycles. The summed E-state index contributed by atoms with van der Waals surface area (Å²) in [6.45, 7) is 0.289. The molecule has 22 heavy (non-hydrogen) atoms. The lowest BCUT2D eigenvalue weighted by molar-refractivity contribution is -0.121. The van der Waals surface area contributed by atoms with Crippen LogP contribution in [-0.2, 0) is 19.6 Å². The minimum Gasteiger partial charge on any atom is -0.452 e. The Labute approximate surface area is 129 Å². The van der Waals surface area contributed by atoms with Crippen molar-refractivity contribution >= 4 is 21.9 Å². The number of ether oxygens (including phenoxy) is 1. The Morgan fingerprint density at radius 2 is 1.77 bits per heavy atom. The van der Waals surface area contributed by atoms with Crippen LogP contribution < -0.4 is 5.73 Å². The monoisotopic (exact) mass is 326 g/mol. The normalized spacial score (nSPS) is 16.2. The minimum atomic E-state index is -3.76. The molecule has 1 aromatic rings. The summed E-state index contributed by atoms with van der Waals surface area (Å²) in [6.07, 6.45) is 2.59. The van der Waals surface area contributed by atoms with E-state index in [9.17, 15) is 18.0 Å². The van der Waals surface area contributed by atoms with Crippen molar-refractivity contribution in [2.24, 2.45) is 5.73 Å². The van der Waals surface area contributed by atoms with Crippen LogP contribution in [0.1, 0.15) is 29.6 Å². The third kappa shape index (κ3) is 3.63. The van der Waals surface area contributed by atoms with Gasteiger partial charge in [0.2, 0.25) is 10.0 Å². The van der Waals surface area contributed by atoms with Crippen molar-refractivity contribution in [1.29, 1.82) is 0 Å². The van der Waals surface area contributed by atoms with Gasteiger partial charge in [0.25, 0.3) is 5.91 Å². The number of hydrogen-bond donors (Lipinski definition) is 1. The highest BCUT2D eigenvalue weighted by atomic mass is 32.2. The van der Waals surface area contributed by atoms with Gasteiger partial charge in [-0.2, -0.15) is 4.31 Å². The molecule has 0 spiro atoms. The molecule has 0 unspecified atom stereocenters.